The van der Waals surface area contributed by atoms with Crippen LogP contribution in [-0.4, -0.2) is 46.0 Å². The molecule has 1 amide bonds. The second-order valence-corrected chi connectivity index (χ2v) is 11.4. The number of nitrogens with zero attached hydrogens (tertiary/aromatic N) is 1. The molecule has 0 aliphatic rings. The van der Waals surface area contributed by atoms with Crippen LogP contribution in [0.25, 0.3) is 28.3 Å². The fourth-order valence-electron chi connectivity index (χ4n) is 5.51. The van der Waals surface area contributed by atoms with E-state index >= 15 is 0 Å². The standard InChI is InChI=1S/C36H36F4N2O6.Na/c1-21(2)42-29(15-14-26(43)18-27(44)19-31(45)46)32(24-10-12-25(37)13-11-24)33(23-7-5-4-6-8-23)34(42)35(47)41-20-22-9-16-30(48-3)28(17-22)36(38,39)40;/h4-17,21,26-27,43-44H,18-20H2,1-3H3,(H,41,47)(H,45,46);/q;+1/p-1/b15-14+;/t26-,27-;/m1./s1. The summed E-state index contributed by atoms with van der Waals surface area (Å²) in [6.07, 6.45) is -5.43. The predicted octanol–water partition coefficient (Wildman–Crippen LogP) is 2.77. The molecule has 0 bridgehead atoms. The molecule has 3 aromatic carbocycles. The number of aliphatic carboxylic acids is 1. The Kier molecular flexibility index (Phi) is 13.8. The van der Waals surface area contributed by atoms with Crippen LogP contribution in [0.2, 0.25) is 0 Å². The normalized spacial score (nSPS) is 12.9. The minimum absolute atomic E-state index is 0. The summed E-state index contributed by atoms with van der Waals surface area (Å²) in [5.41, 5.74) is 1.88. The van der Waals surface area contributed by atoms with Crippen molar-refractivity contribution in [1.82, 2.24) is 9.88 Å². The zero-order valence-electron chi connectivity index (χ0n) is 27.4. The van der Waals surface area contributed by atoms with Crippen molar-refractivity contribution in [3.05, 3.63) is 107 Å². The van der Waals surface area contributed by atoms with Crippen LogP contribution in [0.3, 0.4) is 0 Å². The first-order chi connectivity index (χ1) is 22.7. The third-order valence-electron chi connectivity index (χ3n) is 7.58. The van der Waals surface area contributed by atoms with Gasteiger partial charge in [0.15, 0.2) is 0 Å². The van der Waals surface area contributed by atoms with Gasteiger partial charge in [0.05, 0.1) is 24.9 Å². The van der Waals surface area contributed by atoms with Gasteiger partial charge in [0.25, 0.3) is 5.91 Å². The van der Waals surface area contributed by atoms with Crippen molar-refractivity contribution < 1.29 is 76.8 Å². The molecule has 0 aliphatic heterocycles. The number of rotatable bonds is 13. The van der Waals surface area contributed by atoms with E-state index in [0.29, 0.717) is 27.9 Å². The van der Waals surface area contributed by atoms with E-state index in [9.17, 15) is 42.5 Å². The van der Waals surface area contributed by atoms with Crippen LogP contribution in [0.15, 0.2) is 78.9 Å². The Morgan fingerprint density at radius 3 is 2.18 bits per heavy atom. The summed E-state index contributed by atoms with van der Waals surface area (Å²) < 4.78 is 61.7. The smallest absolute Gasteiger partial charge is 0.550 e. The quantitative estimate of drug-likeness (QED) is 0.147. The van der Waals surface area contributed by atoms with Crippen LogP contribution < -0.4 is 44.7 Å². The molecule has 3 N–H and O–H groups in total. The zero-order chi connectivity index (χ0) is 35.2. The number of carboxylic acid groups (broad SMARTS) is 1. The maximum atomic E-state index is 14.2. The largest absolute Gasteiger partial charge is 1.00 e. The molecule has 4 aromatic rings. The van der Waals surface area contributed by atoms with Crippen molar-refractivity contribution in [2.75, 3.05) is 7.11 Å². The number of nitrogens with one attached hydrogen (secondary N) is 1. The molecule has 0 fully saturated rings. The molecule has 49 heavy (non-hydrogen) atoms. The molecule has 0 radical (unpaired) electrons. The van der Waals surface area contributed by atoms with Crippen molar-refractivity contribution in [2.45, 2.75) is 57.7 Å². The monoisotopic (exact) mass is 690 g/mol. The van der Waals surface area contributed by atoms with E-state index < -0.39 is 48.1 Å². The number of hydrogen-bond acceptors (Lipinski definition) is 6. The van der Waals surface area contributed by atoms with E-state index in [4.69, 9.17) is 4.74 Å². The number of halogens is 4. The SMILES string of the molecule is COc1ccc(CNC(=O)c2c(-c3ccccc3)c(-c3ccc(F)cc3)c(/C=C/[C@@H](O)C[C@@H](O)CC(=O)[O-])n2C(C)C)cc1C(F)(F)F.[Na+]. The van der Waals surface area contributed by atoms with Gasteiger partial charge in [0, 0.05) is 48.2 Å². The number of amides is 1. The minimum Gasteiger partial charge on any atom is -0.550 e. The topological polar surface area (TPSA) is 124 Å². The molecule has 1 aromatic heterocycles. The number of aliphatic hydroxyl groups is 2. The molecule has 0 unspecified atom stereocenters. The van der Waals surface area contributed by atoms with Gasteiger partial charge in [-0.05, 0) is 60.9 Å². The van der Waals surface area contributed by atoms with Crippen LogP contribution in [0.1, 0.15) is 60.0 Å². The third kappa shape index (κ3) is 9.83. The van der Waals surface area contributed by atoms with Crippen molar-refractivity contribution in [1.29, 1.82) is 0 Å². The predicted molar refractivity (Wildman–Crippen MR) is 170 cm³/mol. The van der Waals surface area contributed by atoms with Gasteiger partial charge < -0.3 is 34.7 Å². The van der Waals surface area contributed by atoms with Crippen LogP contribution in [0.4, 0.5) is 17.6 Å². The first-order valence-electron chi connectivity index (χ1n) is 15.1. The van der Waals surface area contributed by atoms with Gasteiger partial charge in [-0.15, -0.1) is 0 Å². The molecule has 254 valence electrons. The van der Waals surface area contributed by atoms with Crippen molar-refractivity contribution >= 4 is 18.0 Å². The van der Waals surface area contributed by atoms with Crippen LogP contribution >= 0.6 is 0 Å². The van der Waals surface area contributed by atoms with E-state index in [1.54, 1.807) is 34.9 Å². The number of carbonyl (C=O) groups is 2. The summed E-state index contributed by atoms with van der Waals surface area (Å²) in [6.45, 7) is 3.38. The number of methoxy groups -OCH3 is 1. The minimum atomic E-state index is -4.69. The first-order valence-corrected chi connectivity index (χ1v) is 15.1. The second-order valence-electron chi connectivity index (χ2n) is 11.4. The number of benzene rings is 3. The number of hydrogen-bond donors (Lipinski definition) is 3. The Labute approximate surface area is 303 Å². The molecule has 0 aliphatic carbocycles. The average Bonchev–Trinajstić information content (AvgIpc) is 3.38. The van der Waals surface area contributed by atoms with E-state index in [-0.39, 0.29) is 65.6 Å². The number of alkyl halides is 3. The Hall–Kier alpha value is -3.94. The van der Waals surface area contributed by atoms with Crippen LogP contribution in [-0.2, 0) is 17.5 Å². The Bertz CT molecular complexity index is 1770. The summed E-state index contributed by atoms with van der Waals surface area (Å²) >= 11 is 0. The second kappa shape index (κ2) is 17.1. The molecule has 2 atom stereocenters. The van der Waals surface area contributed by atoms with E-state index in [1.165, 1.54) is 48.6 Å². The summed E-state index contributed by atoms with van der Waals surface area (Å²) in [4.78, 5) is 25.1. The van der Waals surface area contributed by atoms with E-state index in [0.717, 1.165) is 13.2 Å². The van der Waals surface area contributed by atoms with Gasteiger partial charge in [0.2, 0.25) is 0 Å². The van der Waals surface area contributed by atoms with Crippen molar-refractivity contribution in [3.63, 3.8) is 0 Å². The van der Waals surface area contributed by atoms with Crippen LogP contribution in [0.5, 0.6) is 5.75 Å². The summed E-state index contributed by atoms with van der Waals surface area (Å²) in [5.74, 6) is -2.93. The maximum absolute atomic E-state index is 14.2. The van der Waals surface area contributed by atoms with Gasteiger partial charge in [-0.2, -0.15) is 13.2 Å². The molecule has 0 saturated heterocycles. The third-order valence-corrected chi connectivity index (χ3v) is 7.58. The Balaban J connectivity index is 0.00000650. The number of carboxylic acids is 1. The van der Waals surface area contributed by atoms with Crippen molar-refractivity contribution in [2.24, 2.45) is 0 Å². The molecular weight excluding hydrogens is 655 g/mol. The number of carbonyl (C=O) groups excluding carboxylic acids is 2. The van der Waals surface area contributed by atoms with Gasteiger partial charge >= 0.3 is 35.7 Å². The zero-order valence-corrected chi connectivity index (χ0v) is 29.4. The Morgan fingerprint density at radius 2 is 1.61 bits per heavy atom. The maximum Gasteiger partial charge on any atom is 1.00 e. The average molecular weight is 691 g/mol. The van der Waals surface area contributed by atoms with E-state index in [1.807, 2.05) is 13.8 Å². The van der Waals surface area contributed by atoms with Gasteiger partial charge in [-0.3, -0.25) is 4.79 Å². The molecule has 8 nitrogen and oxygen atoms in total. The van der Waals surface area contributed by atoms with E-state index in [2.05, 4.69) is 5.32 Å². The molecule has 0 saturated carbocycles. The van der Waals surface area contributed by atoms with Crippen molar-refractivity contribution in [3.8, 4) is 28.0 Å². The molecule has 4 rings (SSSR count). The van der Waals surface area contributed by atoms with Gasteiger partial charge in [-0.1, -0.05) is 54.6 Å². The molecule has 0 spiro atoms. The molecular formula is C36H35F4N2NaO6. The first kappa shape index (κ1) is 39.5. The fourth-order valence-corrected chi connectivity index (χ4v) is 5.51. The summed E-state index contributed by atoms with van der Waals surface area (Å²) in [5, 5.41) is 34.3. The van der Waals surface area contributed by atoms with Crippen LogP contribution in [0, 0.1) is 5.82 Å². The van der Waals surface area contributed by atoms with Gasteiger partial charge in [-0.25, -0.2) is 4.39 Å². The summed E-state index contributed by atoms with van der Waals surface area (Å²) in [7, 11) is 1.14. The molecule has 13 heteroatoms. The fraction of sp³-hybridized carbons (Fsp3) is 0.278. The molecule has 1 heterocycles. The van der Waals surface area contributed by atoms with Gasteiger partial charge in [0.1, 0.15) is 17.3 Å². The number of ether oxygens (including phenoxy) is 1. The Morgan fingerprint density at radius 1 is 0.980 bits per heavy atom. The number of aliphatic hydroxyl groups excluding tert-OH is 2. The summed E-state index contributed by atoms with van der Waals surface area (Å²) in [6, 6.07) is 17.6. The number of aromatic nitrogens is 1.